The largest absolute Gasteiger partial charge is 0.310 e. The molecule has 2 nitrogen and oxygen atoms in total. The van der Waals surface area contributed by atoms with Gasteiger partial charge in [0.15, 0.2) is 0 Å². The van der Waals surface area contributed by atoms with Gasteiger partial charge in [-0.05, 0) is 57.5 Å². The molecule has 0 aromatic rings. The van der Waals surface area contributed by atoms with Gasteiger partial charge in [-0.1, -0.05) is 20.3 Å². The molecule has 100 valence electrons. The molecule has 0 aromatic heterocycles. The normalized spacial score (nSPS) is 32.5. The maximum absolute atomic E-state index is 3.81. The third-order valence-electron chi connectivity index (χ3n) is 4.62. The molecule has 0 aromatic carbocycles. The summed E-state index contributed by atoms with van der Waals surface area (Å²) >= 11 is 0. The van der Waals surface area contributed by atoms with Crippen molar-refractivity contribution >= 4 is 0 Å². The molecule has 1 aliphatic heterocycles. The fourth-order valence-electron chi connectivity index (χ4n) is 3.33. The quantitative estimate of drug-likeness (QED) is 0.792. The zero-order chi connectivity index (χ0) is 12.3. The van der Waals surface area contributed by atoms with Crippen LogP contribution in [0.5, 0.6) is 0 Å². The van der Waals surface area contributed by atoms with E-state index < -0.39 is 0 Å². The lowest BCUT2D eigenvalue weighted by Crippen LogP contribution is -2.50. The topological polar surface area (TPSA) is 15.3 Å². The van der Waals surface area contributed by atoms with E-state index in [4.69, 9.17) is 0 Å². The highest BCUT2D eigenvalue weighted by Crippen LogP contribution is 2.33. The first-order valence-corrected chi connectivity index (χ1v) is 7.63. The van der Waals surface area contributed by atoms with Crippen LogP contribution >= 0.6 is 0 Å². The number of hydrogen-bond acceptors (Lipinski definition) is 2. The first kappa shape index (κ1) is 13.4. The fourth-order valence-corrected chi connectivity index (χ4v) is 3.33. The SMILES string of the molecule is CC(CN1CCCCC1)NC1CC(C(C)C)C1. The molecule has 1 heterocycles. The number of likely N-dealkylation sites (tertiary alicyclic amines) is 1. The van der Waals surface area contributed by atoms with Crippen LogP contribution in [0.1, 0.15) is 52.9 Å². The molecular weight excluding hydrogens is 208 g/mol. The third-order valence-corrected chi connectivity index (χ3v) is 4.62. The van der Waals surface area contributed by atoms with E-state index >= 15 is 0 Å². The monoisotopic (exact) mass is 238 g/mol. The van der Waals surface area contributed by atoms with Crippen molar-refractivity contribution in [1.29, 1.82) is 0 Å². The summed E-state index contributed by atoms with van der Waals surface area (Å²) in [6, 6.07) is 1.48. The molecule has 0 amide bonds. The van der Waals surface area contributed by atoms with Crippen LogP contribution in [0.3, 0.4) is 0 Å². The minimum Gasteiger partial charge on any atom is -0.310 e. The molecule has 1 atom stereocenters. The van der Waals surface area contributed by atoms with Crippen LogP contribution in [-0.4, -0.2) is 36.6 Å². The summed E-state index contributed by atoms with van der Waals surface area (Å²) in [7, 11) is 0. The van der Waals surface area contributed by atoms with Crippen molar-refractivity contribution in [1.82, 2.24) is 10.2 Å². The first-order chi connectivity index (χ1) is 8.15. The minimum absolute atomic E-state index is 0.672. The Morgan fingerprint density at radius 1 is 1.06 bits per heavy atom. The van der Waals surface area contributed by atoms with Crippen molar-refractivity contribution in [2.45, 2.75) is 65.0 Å². The molecule has 2 fully saturated rings. The predicted molar refractivity (Wildman–Crippen MR) is 74.2 cm³/mol. The highest BCUT2D eigenvalue weighted by Gasteiger charge is 2.31. The minimum atomic E-state index is 0.672. The van der Waals surface area contributed by atoms with Gasteiger partial charge in [0.2, 0.25) is 0 Å². The highest BCUT2D eigenvalue weighted by atomic mass is 15.2. The van der Waals surface area contributed by atoms with Gasteiger partial charge in [0.05, 0.1) is 0 Å². The molecule has 17 heavy (non-hydrogen) atoms. The second kappa shape index (κ2) is 6.19. The summed E-state index contributed by atoms with van der Waals surface area (Å²) in [5.74, 6) is 1.86. The summed E-state index contributed by atoms with van der Waals surface area (Å²) in [5, 5.41) is 3.81. The van der Waals surface area contributed by atoms with E-state index in [1.54, 1.807) is 0 Å². The second-order valence-corrected chi connectivity index (χ2v) is 6.60. The number of piperidine rings is 1. The average Bonchev–Trinajstić information content (AvgIpc) is 2.23. The maximum Gasteiger partial charge on any atom is 0.0169 e. The average molecular weight is 238 g/mol. The van der Waals surface area contributed by atoms with Crippen LogP contribution in [0, 0.1) is 11.8 Å². The van der Waals surface area contributed by atoms with Gasteiger partial charge in [-0.2, -0.15) is 0 Å². The summed E-state index contributed by atoms with van der Waals surface area (Å²) in [5.41, 5.74) is 0. The van der Waals surface area contributed by atoms with Crippen LogP contribution in [0.4, 0.5) is 0 Å². The molecule has 2 heteroatoms. The molecule has 0 radical (unpaired) electrons. The van der Waals surface area contributed by atoms with Crippen molar-refractivity contribution < 1.29 is 0 Å². The van der Waals surface area contributed by atoms with Gasteiger partial charge in [-0.25, -0.2) is 0 Å². The van der Waals surface area contributed by atoms with Crippen LogP contribution < -0.4 is 5.32 Å². The van der Waals surface area contributed by atoms with E-state index in [9.17, 15) is 0 Å². The van der Waals surface area contributed by atoms with E-state index in [2.05, 4.69) is 31.0 Å². The molecule has 1 unspecified atom stereocenters. The smallest absolute Gasteiger partial charge is 0.0169 e. The van der Waals surface area contributed by atoms with E-state index in [0.717, 1.165) is 17.9 Å². The molecule has 2 aliphatic rings. The predicted octanol–water partition coefficient (Wildman–Crippen LogP) is 2.89. The Morgan fingerprint density at radius 3 is 2.29 bits per heavy atom. The molecule has 2 rings (SSSR count). The van der Waals surface area contributed by atoms with Crippen molar-refractivity contribution in [2.24, 2.45) is 11.8 Å². The van der Waals surface area contributed by atoms with Gasteiger partial charge in [-0.15, -0.1) is 0 Å². The number of nitrogens with one attached hydrogen (secondary N) is 1. The zero-order valence-electron chi connectivity index (χ0n) is 11.9. The fraction of sp³-hybridized carbons (Fsp3) is 1.00. The number of rotatable bonds is 5. The molecule has 1 aliphatic carbocycles. The van der Waals surface area contributed by atoms with Crippen molar-refractivity contribution in [2.75, 3.05) is 19.6 Å². The van der Waals surface area contributed by atoms with Crippen molar-refractivity contribution in [3.63, 3.8) is 0 Å². The van der Waals surface area contributed by atoms with E-state index in [-0.39, 0.29) is 0 Å². The maximum atomic E-state index is 3.81. The molecule has 0 bridgehead atoms. The molecule has 1 saturated carbocycles. The summed E-state index contributed by atoms with van der Waals surface area (Å²) in [6.45, 7) is 11.0. The standard InChI is InChI=1S/C15H30N2/c1-12(2)14-9-15(10-14)16-13(3)11-17-7-5-4-6-8-17/h12-16H,4-11H2,1-3H3. The van der Waals surface area contributed by atoms with Gasteiger partial charge in [0.1, 0.15) is 0 Å². The van der Waals surface area contributed by atoms with Crippen LogP contribution in [0.2, 0.25) is 0 Å². The van der Waals surface area contributed by atoms with E-state index in [1.807, 2.05) is 0 Å². The van der Waals surface area contributed by atoms with E-state index in [1.165, 1.54) is 51.7 Å². The Balaban J connectivity index is 1.60. The lowest BCUT2D eigenvalue weighted by Gasteiger charge is -2.41. The number of nitrogens with zero attached hydrogens (tertiary/aromatic N) is 1. The lowest BCUT2D eigenvalue weighted by molar-refractivity contribution is 0.141. The summed E-state index contributed by atoms with van der Waals surface area (Å²) < 4.78 is 0. The van der Waals surface area contributed by atoms with Crippen LogP contribution in [0.25, 0.3) is 0 Å². The van der Waals surface area contributed by atoms with Crippen LogP contribution in [0.15, 0.2) is 0 Å². The highest BCUT2D eigenvalue weighted by molar-refractivity contribution is 4.88. The molecule has 1 N–H and O–H groups in total. The molecule has 0 spiro atoms. The molecule has 1 saturated heterocycles. The Labute approximate surface area is 107 Å². The Bertz CT molecular complexity index is 215. The van der Waals surface area contributed by atoms with E-state index in [0.29, 0.717) is 6.04 Å². The number of hydrogen-bond donors (Lipinski definition) is 1. The van der Waals surface area contributed by atoms with Gasteiger partial charge in [-0.3, -0.25) is 0 Å². The zero-order valence-corrected chi connectivity index (χ0v) is 11.9. The van der Waals surface area contributed by atoms with Gasteiger partial charge >= 0.3 is 0 Å². The Kier molecular flexibility index (Phi) is 4.87. The Hall–Kier alpha value is -0.0800. The van der Waals surface area contributed by atoms with Gasteiger partial charge < -0.3 is 10.2 Å². The van der Waals surface area contributed by atoms with Crippen molar-refractivity contribution in [3.8, 4) is 0 Å². The summed E-state index contributed by atoms with van der Waals surface area (Å²) in [6.07, 6.45) is 7.07. The van der Waals surface area contributed by atoms with Gasteiger partial charge in [0, 0.05) is 18.6 Å². The first-order valence-electron chi connectivity index (χ1n) is 7.63. The Morgan fingerprint density at radius 2 is 1.71 bits per heavy atom. The third kappa shape index (κ3) is 3.96. The summed E-state index contributed by atoms with van der Waals surface area (Å²) in [4.78, 5) is 2.64. The lowest BCUT2D eigenvalue weighted by atomic mass is 9.73. The van der Waals surface area contributed by atoms with Crippen molar-refractivity contribution in [3.05, 3.63) is 0 Å². The van der Waals surface area contributed by atoms with Crippen LogP contribution in [-0.2, 0) is 0 Å². The molecular formula is C15H30N2. The van der Waals surface area contributed by atoms with Gasteiger partial charge in [0.25, 0.3) is 0 Å². The second-order valence-electron chi connectivity index (χ2n) is 6.60.